The Kier molecular flexibility index (Phi) is 4.71. The zero-order valence-corrected chi connectivity index (χ0v) is 12.7. The summed E-state index contributed by atoms with van der Waals surface area (Å²) in [5.74, 6) is 0. The second kappa shape index (κ2) is 6.70. The highest BCUT2D eigenvalue weighted by molar-refractivity contribution is 5.14. The molecule has 1 atom stereocenters. The fraction of sp³-hybridized carbons (Fsp3) is 0.647. The van der Waals surface area contributed by atoms with Gasteiger partial charge in [0, 0.05) is 45.3 Å². The van der Waals surface area contributed by atoms with Gasteiger partial charge in [-0.3, -0.25) is 9.80 Å². The van der Waals surface area contributed by atoms with Crippen molar-refractivity contribution >= 4 is 0 Å². The van der Waals surface area contributed by atoms with Crippen LogP contribution in [0.2, 0.25) is 0 Å². The van der Waals surface area contributed by atoms with Gasteiger partial charge in [-0.1, -0.05) is 30.3 Å². The highest BCUT2D eigenvalue weighted by atomic mass is 15.3. The van der Waals surface area contributed by atoms with Crippen molar-refractivity contribution in [3.63, 3.8) is 0 Å². The zero-order chi connectivity index (χ0) is 13.8. The van der Waals surface area contributed by atoms with E-state index >= 15 is 0 Å². The minimum absolute atomic E-state index is 0.799. The Morgan fingerprint density at radius 3 is 2.45 bits per heavy atom. The lowest BCUT2D eigenvalue weighted by atomic mass is 10.0. The molecule has 0 saturated carbocycles. The minimum Gasteiger partial charge on any atom is -0.305 e. The molecule has 110 valence electrons. The Morgan fingerprint density at radius 1 is 1.00 bits per heavy atom. The second-order valence-corrected chi connectivity index (χ2v) is 6.36. The Balaban J connectivity index is 1.47. The van der Waals surface area contributed by atoms with Crippen molar-refractivity contribution in [3.05, 3.63) is 35.9 Å². The fourth-order valence-electron chi connectivity index (χ4n) is 3.57. The Bertz CT molecular complexity index is 398. The first-order valence-corrected chi connectivity index (χ1v) is 8.00. The van der Waals surface area contributed by atoms with Gasteiger partial charge in [-0.15, -0.1) is 0 Å². The second-order valence-electron chi connectivity index (χ2n) is 6.36. The monoisotopic (exact) mass is 273 g/mol. The summed E-state index contributed by atoms with van der Waals surface area (Å²) in [4.78, 5) is 7.81. The van der Waals surface area contributed by atoms with Crippen molar-refractivity contribution in [3.8, 4) is 0 Å². The molecule has 3 nitrogen and oxygen atoms in total. The predicted molar refractivity (Wildman–Crippen MR) is 83.8 cm³/mol. The van der Waals surface area contributed by atoms with E-state index in [9.17, 15) is 0 Å². The SMILES string of the molecule is CN1CCCC(N2CCN(Cc3ccccc3)CC2)C1. The third kappa shape index (κ3) is 3.60. The predicted octanol–water partition coefficient (Wildman–Crippen LogP) is 1.90. The van der Waals surface area contributed by atoms with Crippen LogP contribution in [0.5, 0.6) is 0 Å². The van der Waals surface area contributed by atoms with Crippen LogP contribution in [0.4, 0.5) is 0 Å². The summed E-state index contributed by atoms with van der Waals surface area (Å²) in [6.45, 7) is 8.57. The first-order chi connectivity index (χ1) is 9.81. The summed E-state index contributed by atoms with van der Waals surface area (Å²) in [5.41, 5.74) is 1.44. The number of hydrogen-bond donors (Lipinski definition) is 0. The quantitative estimate of drug-likeness (QED) is 0.833. The molecule has 2 aliphatic heterocycles. The van der Waals surface area contributed by atoms with Crippen molar-refractivity contribution in [1.29, 1.82) is 0 Å². The van der Waals surface area contributed by atoms with Gasteiger partial charge < -0.3 is 4.90 Å². The molecule has 0 N–H and O–H groups in total. The first-order valence-electron chi connectivity index (χ1n) is 8.00. The fourth-order valence-corrected chi connectivity index (χ4v) is 3.57. The van der Waals surface area contributed by atoms with Gasteiger partial charge in [0.2, 0.25) is 0 Å². The highest BCUT2D eigenvalue weighted by Gasteiger charge is 2.26. The number of hydrogen-bond acceptors (Lipinski definition) is 3. The molecule has 0 spiro atoms. The Morgan fingerprint density at radius 2 is 1.75 bits per heavy atom. The molecule has 0 radical (unpaired) electrons. The standard InChI is InChI=1S/C17H27N3/c1-18-9-5-8-17(15-18)20-12-10-19(11-13-20)14-16-6-3-2-4-7-16/h2-4,6-7,17H,5,8-15H2,1H3. The lowest BCUT2D eigenvalue weighted by molar-refractivity contribution is 0.0568. The smallest absolute Gasteiger partial charge is 0.0234 e. The van der Waals surface area contributed by atoms with Crippen molar-refractivity contribution in [2.24, 2.45) is 0 Å². The molecule has 2 heterocycles. The van der Waals surface area contributed by atoms with Gasteiger partial charge in [-0.05, 0) is 32.0 Å². The van der Waals surface area contributed by atoms with Crippen LogP contribution in [0.15, 0.2) is 30.3 Å². The maximum Gasteiger partial charge on any atom is 0.0234 e. The molecule has 1 aromatic rings. The normalized spacial score (nSPS) is 26.8. The summed E-state index contributed by atoms with van der Waals surface area (Å²) in [7, 11) is 2.26. The molecule has 0 amide bonds. The molecule has 0 aromatic heterocycles. The summed E-state index contributed by atoms with van der Waals surface area (Å²) in [6, 6.07) is 11.7. The summed E-state index contributed by atoms with van der Waals surface area (Å²) in [6.07, 6.45) is 2.76. The van der Waals surface area contributed by atoms with E-state index < -0.39 is 0 Å². The lowest BCUT2D eigenvalue weighted by Gasteiger charge is -2.42. The molecule has 2 aliphatic rings. The molecule has 2 fully saturated rings. The van der Waals surface area contributed by atoms with E-state index in [2.05, 4.69) is 52.1 Å². The number of piperazine rings is 1. The van der Waals surface area contributed by atoms with Crippen LogP contribution >= 0.6 is 0 Å². The minimum atomic E-state index is 0.799. The highest BCUT2D eigenvalue weighted by Crippen LogP contribution is 2.17. The lowest BCUT2D eigenvalue weighted by Crippen LogP contribution is -2.54. The Hall–Kier alpha value is -0.900. The van der Waals surface area contributed by atoms with Crippen molar-refractivity contribution in [2.75, 3.05) is 46.3 Å². The summed E-state index contributed by atoms with van der Waals surface area (Å²) < 4.78 is 0. The van der Waals surface area contributed by atoms with Crippen LogP contribution in [0, 0.1) is 0 Å². The molecule has 3 rings (SSSR count). The van der Waals surface area contributed by atoms with E-state index in [0.717, 1.165) is 12.6 Å². The Labute approximate surface area is 123 Å². The number of piperidine rings is 1. The largest absolute Gasteiger partial charge is 0.305 e. The molecule has 3 heteroatoms. The average molecular weight is 273 g/mol. The van der Waals surface area contributed by atoms with Crippen LogP contribution in [0.1, 0.15) is 18.4 Å². The molecular formula is C17H27N3. The van der Waals surface area contributed by atoms with Gasteiger partial charge in [-0.2, -0.15) is 0 Å². The van der Waals surface area contributed by atoms with Gasteiger partial charge in [0.15, 0.2) is 0 Å². The van der Waals surface area contributed by atoms with E-state index in [0.29, 0.717) is 0 Å². The molecule has 2 saturated heterocycles. The average Bonchev–Trinajstić information content (AvgIpc) is 2.49. The summed E-state index contributed by atoms with van der Waals surface area (Å²) >= 11 is 0. The van der Waals surface area contributed by atoms with Crippen molar-refractivity contribution in [1.82, 2.24) is 14.7 Å². The van der Waals surface area contributed by atoms with E-state index in [1.165, 1.54) is 57.7 Å². The number of rotatable bonds is 3. The first kappa shape index (κ1) is 14.1. The van der Waals surface area contributed by atoms with Gasteiger partial charge in [0.25, 0.3) is 0 Å². The van der Waals surface area contributed by atoms with Gasteiger partial charge in [-0.25, -0.2) is 0 Å². The van der Waals surface area contributed by atoms with Crippen LogP contribution in [-0.4, -0.2) is 67.1 Å². The van der Waals surface area contributed by atoms with Crippen LogP contribution in [0.25, 0.3) is 0 Å². The number of benzene rings is 1. The topological polar surface area (TPSA) is 9.72 Å². The van der Waals surface area contributed by atoms with Crippen molar-refractivity contribution < 1.29 is 0 Å². The van der Waals surface area contributed by atoms with E-state index in [1.807, 2.05) is 0 Å². The zero-order valence-electron chi connectivity index (χ0n) is 12.7. The van der Waals surface area contributed by atoms with Crippen LogP contribution in [0.3, 0.4) is 0 Å². The molecule has 1 aromatic carbocycles. The van der Waals surface area contributed by atoms with E-state index in [-0.39, 0.29) is 0 Å². The molecule has 1 unspecified atom stereocenters. The maximum atomic E-state index is 2.72. The van der Waals surface area contributed by atoms with Gasteiger partial charge in [0.05, 0.1) is 0 Å². The number of likely N-dealkylation sites (N-methyl/N-ethyl adjacent to an activating group) is 1. The molecule has 20 heavy (non-hydrogen) atoms. The third-order valence-corrected chi connectivity index (χ3v) is 4.77. The molecule has 0 aliphatic carbocycles. The van der Waals surface area contributed by atoms with E-state index in [4.69, 9.17) is 0 Å². The van der Waals surface area contributed by atoms with Crippen LogP contribution < -0.4 is 0 Å². The van der Waals surface area contributed by atoms with Crippen molar-refractivity contribution in [2.45, 2.75) is 25.4 Å². The third-order valence-electron chi connectivity index (χ3n) is 4.77. The van der Waals surface area contributed by atoms with E-state index in [1.54, 1.807) is 0 Å². The van der Waals surface area contributed by atoms with Gasteiger partial charge >= 0.3 is 0 Å². The molecule has 0 bridgehead atoms. The maximum absolute atomic E-state index is 2.72. The van der Waals surface area contributed by atoms with Gasteiger partial charge in [0.1, 0.15) is 0 Å². The summed E-state index contributed by atoms with van der Waals surface area (Å²) in [5, 5.41) is 0. The number of nitrogens with zero attached hydrogens (tertiary/aromatic N) is 3. The van der Waals surface area contributed by atoms with Crippen LogP contribution in [-0.2, 0) is 6.54 Å². The number of likely N-dealkylation sites (tertiary alicyclic amines) is 1. The molecular weight excluding hydrogens is 246 g/mol.